The molecule has 0 fully saturated rings. The molecule has 7 nitrogen and oxygen atoms in total. The van der Waals surface area contributed by atoms with Crippen LogP contribution in [0.25, 0.3) is 11.3 Å². The van der Waals surface area contributed by atoms with Crippen molar-refractivity contribution in [1.29, 1.82) is 0 Å². The lowest BCUT2D eigenvalue weighted by Crippen LogP contribution is -2.31. The second-order valence-electron chi connectivity index (χ2n) is 5.76. The van der Waals surface area contributed by atoms with Crippen LogP contribution in [0, 0.1) is 0 Å². The molecule has 0 bridgehead atoms. The summed E-state index contributed by atoms with van der Waals surface area (Å²) in [6.45, 7) is 1.35. The van der Waals surface area contributed by atoms with Gasteiger partial charge in [-0.25, -0.2) is 0 Å². The van der Waals surface area contributed by atoms with Crippen molar-refractivity contribution < 1.29 is 37.0 Å². The fourth-order valence-electron chi connectivity index (χ4n) is 2.59. The molecule has 0 aliphatic rings. The van der Waals surface area contributed by atoms with Crippen molar-refractivity contribution in [3.63, 3.8) is 0 Å². The first-order valence-electron chi connectivity index (χ1n) is 8.55. The van der Waals surface area contributed by atoms with Gasteiger partial charge in [-0.15, -0.1) is 0 Å². The lowest BCUT2D eigenvalue weighted by molar-refractivity contribution is -0.142. The summed E-state index contributed by atoms with van der Waals surface area (Å²) in [6, 6.07) is 3.48. The zero-order valence-electron chi connectivity index (χ0n) is 16.2. The normalized spacial score (nSPS) is 11.0. The molecule has 0 saturated heterocycles. The Balaban J connectivity index is 2.59. The van der Waals surface area contributed by atoms with Crippen LogP contribution in [0.15, 0.2) is 24.4 Å². The number of hydrogen-bond donors (Lipinski definition) is 1. The number of nitrogens with one attached hydrogen (secondary N) is 1. The average molecular weight is 447 g/mol. The van der Waals surface area contributed by atoms with Gasteiger partial charge in [0.15, 0.2) is 11.5 Å². The van der Waals surface area contributed by atoms with E-state index in [0.717, 1.165) is 0 Å². The predicted molar refractivity (Wildman–Crippen MR) is 102 cm³/mol. The summed E-state index contributed by atoms with van der Waals surface area (Å²) in [5, 5.41) is 2.03. The number of hydrogen-bond acceptors (Lipinski definition) is 6. The van der Waals surface area contributed by atoms with E-state index in [2.05, 4.69) is 10.3 Å². The largest absolute Gasteiger partial charge is 0.493 e. The van der Waals surface area contributed by atoms with Crippen LogP contribution < -0.4 is 14.8 Å². The van der Waals surface area contributed by atoms with Crippen LogP contribution >= 0.6 is 11.6 Å². The molecule has 1 heterocycles. The molecular formula is C19H18ClF3N2O5. The highest BCUT2D eigenvalue weighted by atomic mass is 35.5. The molecule has 0 aliphatic heterocycles. The van der Waals surface area contributed by atoms with Crippen LogP contribution in [0.5, 0.6) is 11.5 Å². The highest BCUT2D eigenvalue weighted by molar-refractivity contribution is 6.33. The molecule has 162 valence electrons. The Hall–Kier alpha value is -3.01. The molecule has 30 heavy (non-hydrogen) atoms. The van der Waals surface area contributed by atoms with Gasteiger partial charge in [0.1, 0.15) is 6.54 Å². The Bertz CT molecular complexity index is 950. The summed E-state index contributed by atoms with van der Waals surface area (Å²) >= 11 is 6.08. The molecule has 11 heteroatoms. The van der Waals surface area contributed by atoms with E-state index in [0.29, 0.717) is 12.3 Å². The zero-order chi connectivity index (χ0) is 22.5. The Morgan fingerprint density at radius 1 is 1.20 bits per heavy atom. The van der Waals surface area contributed by atoms with E-state index >= 15 is 0 Å². The van der Waals surface area contributed by atoms with E-state index in [1.807, 2.05) is 0 Å². The van der Waals surface area contributed by atoms with Gasteiger partial charge in [0.2, 0.25) is 0 Å². The van der Waals surface area contributed by atoms with Gasteiger partial charge in [0.25, 0.3) is 5.91 Å². The first kappa shape index (κ1) is 23.3. The number of methoxy groups -OCH3 is 2. The maximum Gasteiger partial charge on any atom is 0.417 e. The summed E-state index contributed by atoms with van der Waals surface area (Å²) in [5.74, 6) is -1.13. The van der Waals surface area contributed by atoms with Crippen LogP contribution in [0.3, 0.4) is 0 Å². The molecule has 1 amide bonds. The molecule has 1 aromatic heterocycles. The van der Waals surface area contributed by atoms with E-state index in [4.69, 9.17) is 25.8 Å². The van der Waals surface area contributed by atoms with Crippen LogP contribution in [0.2, 0.25) is 5.02 Å². The molecule has 0 aliphatic carbocycles. The van der Waals surface area contributed by atoms with E-state index in [-0.39, 0.29) is 39.9 Å². The monoisotopic (exact) mass is 446 g/mol. The Labute approximate surface area is 175 Å². The maximum atomic E-state index is 13.0. The number of rotatable bonds is 7. The van der Waals surface area contributed by atoms with E-state index in [9.17, 15) is 22.8 Å². The first-order valence-corrected chi connectivity index (χ1v) is 8.93. The number of pyridine rings is 1. The van der Waals surface area contributed by atoms with Crippen molar-refractivity contribution in [2.24, 2.45) is 0 Å². The number of carbonyl (C=O) groups excluding carboxylic acids is 2. The number of benzene rings is 1. The predicted octanol–water partition coefficient (Wildman–Crippen LogP) is 3.73. The molecule has 2 rings (SSSR count). The number of halogens is 4. The van der Waals surface area contributed by atoms with Crippen LogP contribution in [-0.2, 0) is 15.7 Å². The third-order valence-electron chi connectivity index (χ3n) is 3.89. The smallest absolute Gasteiger partial charge is 0.417 e. The lowest BCUT2D eigenvalue weighted by atomic mass is 10.0. The highest BCUT2D eigenvalue weighted by Gasteiger charge is 2.32. The molecule has 0 saturated carbocycles. The van der Waals surface area contributed by atoms with Gasteiger partial charge in [0, 0.05) is 6.20 Å². The summed E-state index contributed by atoms with van der Waals surface area (Å²) < 4.78 is 54.1. The molecule has 2 aromatic rings. The molecular weight excluding hydrogens is 429 g/mol. The average Bonchev–Trinajstić information content (AvgIpc) is 2.70. The van der Waals surface area contributed by atoms with E-state index in [1.165, 1.54) is 26.4 Å². The summed E-state index contributed by atoms with van der Waals surface area (Å²) in [4.78, 5) is 28.0. The minimum absolute atomic E-state index is 0.0110. The number of amides is 1. The molecule has 0 radical (unpaired) electrons. The minimum atomic E-state index is -4.65. The van der Waals surface area contributed by atoms with Gasteiger partial charge in [-0.1, -0.05) is 11.6 Å². The zero-order valence-corrected chi connectivity index (χ0v) is 17.0. The maximum absolute atomic E-state index is 13.0. The minimum Gasteiger partial charge on any atom is -0.493 e. The molecule has 0 spiro atoms. The van der Waals surface area contributed by atoms with Crippen molar-refractivity contribution in [3.05, 3.63) is 40.5 Å². The number of nitrogens with zero attached hydrogens (tertiary/aromatic N) is 1. The second kappa shape index (κ2) is 9.66. The third-order valence-corrected chi connectivity index (χ3v) is 4.18. The SMILES string of the molecule is CCOC(=O)CNC(=O)c1ccc(OC)c(OC)c1-c1ncc(C(F)(F)F)cc1Cl. The van der Waals surface area contributed by atoms with Crippen molar-refractivity contribution in [2.45, 2.75) is 13.1 Å². The number of ether oxygens (including phenoxy) is 3. The number of esters is 1. The van der Waals surface area contributed by atoms with Crippen LogP contribution in [0.1, 0.15) is 22.8 Å². The first-order chi connectivity index (χ1) is 14.1. The van der Waals surface area contributed by atoms with Gasteiger partial charge in [-0.3, -0.25) is 14.6 Å². The van der Waals surface area contributed by atoms with Crippen molar-refractivity contribution in [3.8, 4) is 22.8 Å². The molecule has 0 unspecified atom stereocenters. The summed E-state index contributed by atoms with van der Waals surface area (Å²) in [5.41, 5.74) is -1.20. The fraction of sp³-hybridized carbons (Fsp3) is 0.316. The fourth-order valence-corrected chi connectivity index (χ4v) is 2.85. The van der Waals surface area contributed by atoms with Gasteiger partial charge < -0.3 is 19.5 Å². The van der Waals surface area contributed by atoms with Gasteiger partial charge in [-0.2, -0.15) is 13.2 Å². The Morgan fingerprint density at radius 3 is 2.43 bits per heavy atom. The summed E-state index contributed by atoms with van der Waals surface area (Å²) in [6.07, 6.45) is -4.05. The van der Waals surface area contributed by atoms with Gasteiger partial charge in [0.05, 0.1) is 48.2 Å². The van der Waals surface area contributed by atoms with Gasteiger partial charge in [-0.05, 0) is 25.1 Å². The molecule has 0 atom stereocenters. The topological polar surface area (TPSA) is 86.8 Å². The summed E-state index contributed by atoms with van der Waals surface area (Å²) in [7, 11) is 2.64. The quantitative estimate of drug-likeness (QED) is 0.652. The standard InChI is InChI=1S/C19H18ClF3N2O5/c1-4-30-14(26)9-25-18(27)11-5-6-13(28-2)17(29-3)15(11)16-12(20)7-10(8-24-16)19(21,22)23/h5-8H,4,9H2,1-3H3,(H,25,27). The van der Waals surface area contributed by atoms with Crippen LogP contribution in [0.4, 0.5) is 13.2 Å². The van der Waals surface area contributed by atoms with Gasteiger partial charge >= 0.3 is 12.1 Å². The molecule has 1 N–H and O–H groups in total. The Morgan fingerprint density at radius 2 is 1.90 bits per heavy atom. The third kappa shape index (κ3) is 5.12. The van der Waals surface area contributed by atoms with E-state index in [1.54, 1.807) is 6.92 Å². The van der Waals surface area contributed by atoms with Crippen LogP contribution in [-0.4, -0.2) is 44.2 Å². The highest BCUT2D eigenvalue weighted by Crippen LogP contribution is 2.43. The van der Waals surface area contributed by atoms with Crippen molar-refractivity contribution >= 4 is 23.5 Å². The van der Waals surface area contributed by atoms with E-state index < -0.39 is 30.2 Å². The number of alkyl halides is 3. The second-order valence-corrected chi connectivity index (χ2v) is 6.17. The Kier molecular flexibility index (Phi) is 7.49. The number of aromatic nitrogens is 1. The lowest BCUT2D eigenvalue weighted by Gasteiger charge is -2.18. The van der Waals surface area contributed by atoms with Crippen molar-refractivity contribution in [2.75, 3.05) is 27.4 Å². The number of carbonyl (C=O) groups is 2. The van der Waals surface area contributed by atoms with Crippen molar-refractivity contribution in [1.82, 2.24) is 10.3 Å². The molecule has 1 aromatic carbocycles.